The van der Waals surface area contributed by atoms with Crippen LogP contribution in [-0.4, -0.2) is 91.3 Å². The Morgan fingerprint density at radius 1 is 1.00 bits per heavy atom. The topological polar surface area (TPSA) is 76.8 Å². The maximum atomic E-state index is 6.61. The van der Waals surface area contributed by atoms with Gasteiger partial charge in [-0.1, -0.05) is 47.1 Å². The molecule has 3 saturated heterocycles. The summed E-state index contributed by atoms with van der Waals surface area (Å²) in [6.07, 6.45) is 5.02. The number of thioether (sulfide) groups is 1. The van der Waals surface area contributed by atoms with Gasteiger partial charge in [0.25, 0.3) is 0 Å². The zero-order chi connectivity index (χ0) is 33.1. The number of imidazole rings is 1. The molecule has 4 heterocycles. The molecule has 7 rings (SSSR count). The van der Waals surface area contributed by atoms with Gasteiger partial charge in [-0.3, -0.25) is 0 Å². The van der Waals surface area contributed by atoms with E-state index in [0.717, 1.165) is 49.3 Å². The highest BCUT2D eigenvalue weighted by atomic mass is 35.5. The first-order valence-electron chi connectivity index (χ1n) is 15.9. The Kier molecular flexibility index (Phi) is 10.0. The lowest BCUT2D eigenvalue weighted by atomic mass is 10.1. The van der Waals surface area contributed by atoms with Gasteiger partial charge in [0.05, 0.1) is 36.7 Å². The second-order valence-corrected chi connectivity index (χ2v) is 14.0. The molecular formula is C35H38Cl2N6O4S. The number of methoxy groups -OCH3 is 1. The number of aromatic nitrogens is 2. The highest BCUT2D eigenvalue weighted by Crippen LogP contribution is 2.41. The third-order valence-electron chi connectivity index (χ3n) is 8.74. The van der Waals surface area contributed by atoms with E-state index in [9.17, 15) is 0 Å². The number of halogens is 2. The van der Waals surface area contributed by atoms with Crippen molar-refractivity contribution in [2.75, 3.05) is 69.9 Å². The molecule has 0 radical (unpaired) electrons. The van der Waals surface area contributed by atoms with Crippen LogP contribution in [0.25, 0.3) is 0 Å². The molecule has 13 heteroatoms. The normalized spacial score (nSPS) is 23.8. The monoisotopic (exact) mass is 708 g/mol. The Labute approximate surface area is 295 Å². The van der Waals surface area contributed by atoms with Gasteiger partial charge in [-0.15, -0.1) is 0 Å². The number of hydrogen-bond acceptors (Lipinski definition) is 9. The van der Waals surface area contributed by atoms with Gasteiger partial charge in [0.1, 0.15) is 23.9 Å². The van der Waals surface area contributed by atoms with E-state index in [1.165, 1.54) is 11.4 Å². The summed E-state index contributed by atoms with van der Waals surface area (Å²) < 4.78 is 26.4. The molecular weight excluding hydrogens is 671 g/mol. The standard InChI is InChI=1S/C35H38Cl2N6O4S/c1-40-20-33(44-2)48-34(40)39-26-4-3-5-28(19-26)43-16-14-42(15-17-43)27-7-9-29(10-8-27)45-21-30-22-46-35(47-30,23-41-13-12-38-24-41)31-11-6-25(36)18-32(31)37/h3-13,18-19,24,30,33H,14-17,20-23H2,1-2H3. The zero-order valence-electron chi connectivity index (χ0n) is 26.9. The quantitative estimate of drug-likeness (QED) is 0.184. The fourth-order valence-electron chi connectivity index (χ4n) is 6.19. The SMILES string of the molecule is COC1CN(C)C(=Nc2cccc(N3CCN(c4ccc(OCC5COC(Cn6ccnc6)(c6ccc(Cl)cc6Cl)O5)cc4)CC3)c2)S1. The molecule has 3 aliphatic rings. The lowest BCUT2D eigenvalue weighted by Crippen LogP contribution is -2.46. The van der Waals surface area contributed by atoms with Gasteiger partial charge in [0.15, 0.2) is 5.17 Å². The third-order valence-corrected chi connectivity index (χ3v) is 10.5. The van der Waals surface area contributed by atoms with Crippen LogP contribution in [0.3, 0.4) is 0 Å². The van der Waals surface area contributed by atoms with Crippen molar-refractivity contribution in [1.82, 2.24) is 14.5 Å². The summed E-state index contributed by atoms with van der Waals surface area (Å²) in [7, 11) is 3.80. The first-order valence-corrected chi connectivity index (χ1v) is 17.6. The predicted molar refractivity (Wildman–Crippen MR) is 192 cm³/mol. The number of likely N-dealkylation sites (N-methyl/N-ethyl adjacent to an activating group) is 1. The maximum absolute atomic E-state index is 6.61. The summed E-state index contributed by atoms with van der Waals surface area (Å²) >= 11 is 14.4. The fraction of sp³-hybridized carbons (Fsp3) is 0.371. The molecule has 0 saturated carbocycles. The molecule has 0 aliphatic carbocycles. The zero-order valence-corrected chi connectivity index (χ0v) is 29.2. The summed E-state index contributed by atoms with van der Waals surface area (Å²) in [5.74, 6) is -0.310. The molecule has 0 bridgehead atoms. The van der Waals surface area contributed by atoms with Gasteiger partial charge in [0, 0.05) is 74.7 Å². The smallest absolute Gasteiger partial charge is 0.215 e. The van der Waals surface area contributed by atoms with Crippen LogP contribution in [0.5, 0.6) is 5.75 Å². The number of benzene rings is 3. The molecule has 0 amide bonds. The number of anilines is 2. The van der Waals surface area contributed by atoms with Crippen molar-refractivity contribution in [1.29, 1.82) is 0 Å². The molecule has 3 fully saturated rings. The third kappa shape index (κ3) is 7.41. The Hall–Kier alpha value is -3.45. The van der Waals surface area contributed by atoms with Crippen LogP contribution in [0.1, 0.15) is 5.56 Å². The minimum Gasteiger partial charge on any atom is -0.491 e. The Morgan fingerprint density at radius 3 is 2.50 bits per heavy atom. The second-order valence-electron chi connectivity index (χ2n) is 12.0. The molecule has 3 aliphatic heterocycles. The Balaban J connectivity index is 0.930. The molecule has 48 heavy (non-hydrogen) atoms. The van der Waals surface area contributed by atoms with E-state index < -0.39 is 5.79 Å². The lowest BCUT2D eigenvalue weighted by Gasteiger charge is -2.37. The van der Waals surface area contributed by atoms with Gasteiger partial charge in [-0.05, 0) is 54.6 Å². The number of ether oxygens (including phenoxy) is 4. The molecule has 3 aromatic carbocycles. The highest BCUT2D eigenvalue weighted by Gasteiger charge is 2.45. The molecule has 0 spiro atoms. The van der Waals surface area contributed by atoms with Crippen LogP contribution >= 0.6 is 35.0 Å². The van der Waals surface area contributed by atoms with Crippen molar-refractivity contribution in [3.63, 3.8) is 0 Å². The highest BCUT2D eigenvalue weighted by molar-refractivity contribution is 8.14. The largest absolute Gasteiger partial charge is 0.491 e. The summed E-state index contributed by atoms with van der Waals surface area (Å²) in [4.78, 5) is 16.0. The van der Waals surface area contributed by atoms with Crippen molar-refractivity contribution >= 4 is 57.2 Å². The molecule has 3 unspecified atom stereocenters. The van der Waals surface area contributed by atoms with E-state index in [0.29, 0.717) is 35.4 Å². The molecule has 1 aromatic heterocycles. The number of aliphatic imine (C=N–C) groups is 1. The van der Waals surface area contributed by atoms with E-state index in [1.807, 2.05) is 29.0 Å². The summed E-state index contributed by atoms with van der Waals surface area (Å²) in [6.45, 7) is 5.62. The molecule has 252 valence electrons. The van der Waals surface area contributed by atoms with E-state index >= 15 is 0 Å². The van der Waals surface area contributed by atoms with E-state index in [4.69, 9.17) is 47.1 Å². The average molecular weight is 710 g/mol. The molecule has 4 aromatic rings. The minimum atomic E-state index is -1.09. The molecule has 3 atom stereocenters. The predicted octanol–water partition coefficient (Wildman–Crippen LogP) is 6.50. The van der Waals surface area contributed by atoms with Crippen molar-refractivity contribution < 1.29 is 18.9 Å². The van der Waals surface area contributed by atoms with Gasteiger partial charge >= 0.3 is 0 Å². The van der Waals surface area contributed by atoms with E-state index in [1.54, 1.807) is 43.5 Å². The first kappa shape index (κ1) is 33.1. The fourth-order valence-corrected chi connectivity index (χ4v) is 7.79. The molecule has 10 nitrogen and oxygen atoms in total. The van der Waals surface area contributed by atoms with Crippen molar-refractivity contribution in [2.45, 2.75) is 23.9 Å². The minimum absolute atomic E-state index is 0.126. The Bertz CT molecular complexity index is 1720. The molecule has 0 N–H and O–H groups in total. The van der Waals surface area contributed by atoms with Gasteiger partial charge < -0.3 is 38.2 Å². The van der Waals surface area contributed by atoms with Crippen molar-refractivity contribution in [2.24, 2.45) is 4.99 Å². The van der Waals surface area contributed by atoms with Gasteiger partial charge in [-0.2, -0.15) is 0 Å². The first-order chi connectivity index (χ1) is 23.4. The number of nitrogens with zero attached hydrogens (tertiary/aromatic N) is 6. The Morgan fingerprint density at radius 2 is 1.79 bits per heavy atom. The second kappa shape index (κ2) is 14.6. The number of hydrogen-bond donors (Lipinski definition) is 0. The van der Waals surface area contributed by atoms with Gasteiger partial charge in [0.2, 0.25) is 5.79 Å². The van der Waals surface area contributed by atoms with E-state index in [-0.39, 0.29) is 11.5 Å². The number of amidine groups is 1. The van der Waals surface area contributed by atoms with Crippen LogP contribution in [-0.2, 0) is 26.5 Å². The van der Waals surface area contributed by atoms with Crippen LogP contribution in [0, 0.1) is 0 Å². The van der Waals surface area contributed by atoms with E-state index in [2.05, 4.69) is 63.1 Å². The summed E-state index contributed by atoms with van der Waals surface area (Å²) in [6, 6.07) is 22.1. The van der Waals surface area contributed by atoms with Crippen LogP contribution < -0.4 is 14.5 Å². The maximum Gasteiger partial charge on any atom is 0.215 e. The van der Waals surface area contributed by atoms with Crippen LogP contribution in [0.15, 0.2) is 90.4 Å². The summed E-state index contributed by atoms with van der Waals surface area (Å²) in [5.41, 5.74) is 4.17. The number of piperazine rings is 1. The average Bonchev–Trinajstić information content (AvgIpc) is 3.85. The van der Waals surface area contributed by atoms with Crippen LogP contribution in [0.4, 0.5) is 17.1 Å². The van der Waals surface area contributed by atoms with Crippen molar-refractivity contribution in [3.8, 4) is 5.75 Å². The lowest BCUT2D eigenvalue weighted by molar-refractivity contribution is -0.189. The van der Waals surface area contributed by atoms with Gasteiger partial charge in [-0.25, -0.2) is 9.98 Å². The van der Waals surface area contributed by atoms with Crippen molar-refractivity contribution in [3.05, 3.63) is 101 Å². The number of rotatable bonds is 10. The van der Waals surface area contributed by atoms with Crippen LogP contribution in [0.2, 0.25) is 10.0 Å². The summed E-state index contributed by atoms with van der Waals surface area (Å²) in [5, 5.41) is 2.02.